The van der Waals surface area contributed by atoms with E-state index in [0.717, 1.165) is 5.56 Å². The second kappa shape index (κ2) is 9.66. The summed E-state index contributed by atoms with van der Waals surface area (Å²) < 4.78 is 10.7. The van der Waals surface area contributed by atoms with Crippen molar-refractivity contribution in [1.29, 1.82) is 0 Å². The lowest BCUT2D eigenvalue weighted by atomic mass is 10.1. The minimum Gasteiger partial charge on any atom is -0.483 e. The van der Waals surface area contributed by atoms with Crippen molar-refractivity contribution in [2.24, 2.45) is 0 Å². The fourth-order valence-electron chi connectivity index (χ4n) is 2.80. The molecule has 1 atom stereocenters. The number of ketones is 2. The molecular formula is C22H22N2O5. The van der Waals surface area contributed by atoms with Crippen LogP contribution in [0.2, 0.25) is 0 Å². The Bertz CT molecular complexity index is 896. The molecule has 2 aromatic rings. The van der Waals surface area contributed by atoms with Gasteiger partial charge in [0, 0.05) is 5.56 Å². The van der Waals surface area contributed by atoms with Gasteiger partial charge in [0.2, 0.25) is 5.78 Å². The van der Waals surface area contributed by atoms with Gasteiger partial charge >= 0.3 is 5.97 Å². The molecule has 0 amide bonds. The van der Waals surface area contributed by atoms with E-state index in [9.17, 15) is 14.4 Å². The number of nitrogens with one attached hydrogen (secondary N) is 1. The molecule has 0 aromatic heterocycles. The second-order valence-electron chi connectivity index (χ2n) is 6.36. The summed E-state index contributed by atoms with van der Waals surface area (Å²) in [5.41, 5.74) is 4.15. The van der Waals surface area contributed by atoms with E-state index in [2.05, 4.69) is 5.43 Å². The molecule has 3 rings (SSSR count). The molecule has 0 saturated heterocycles. The number of carbonyl (C=O) groups is 3. The Balaban J connectivity index is 1.77. The van der Waals surface area contributed by atoms with E-state index >= 15 is 0 Å². The quantitative estimate of drug-likeness (QED) is 0.418. The highest BCUT2D eigenvalue weighted by Crippen LogP contribution is 2.15. The molecular weight excluding hydrogens is 372 g/mol. The molecule has 7 heteroatoms. The molecule has 0 radical (unpaired) electrons. The van der Waals surface area contributed by atoms with Crippen molar-refractivity contribution >= 4 is 17.5 Å². The predicted octanol–water partition coefficient (Wildman–Crippen LogP) is 2.25. The Morgan fingerprint density at radius 1 is 1.03 bits per heavy atom. The fourth-order valence-corrected chi connectivity index (χ4v) is 2.80. The third kappa shape index (κ3) is 5.30. The van der Waals surface area contributed by atoms with Gasteiger partial charge in [-0.05, 0) is 12.5 Å². The standard InChI is InChI=1S/C22H22N2O5/c1-2-28-22(27)20-21(26)19(29-15-16-9-5-3-6-10-16)14-24(23-20)13-18(25)17-11-7-4-8-12-17/h3-12,14,20,23H,2,13,15H2,1H3. The first kappa shape index (κ1) is 20.3. The first-order valence-corrected chi connectivity index (χ1v) is 9.29. The maximum absolute atomic E-state index is 12.7. The molecule has 0 bridgehead atoms. The molecule has 7 nitrogen and oxygen atoms in total. The normalized spacial score (nSPS) is 16.2. The molecule has 0 spiro atoms. The van der Waals surface area contributed by atoms with Crippen LogP contribution in [0.15, 0.2) is 72.6 Å². The third-order valence-corrected chi connectivity index (χ3v) is 4.24. The summed E-state index contributed by atoms with van der Waals surface area (Å²) in [6, 6.07) is 16.8. The Hall–Kier alpha value is -3.45. The number of hydrazine groups is 1. The largest absolute Gasteiger partial charge is 0.483 e. The van der Waals surface area contributed by atoms with Gasteiger partial charge in [-0.3, -0.25) is 9.59 Å². The summed E-state index contributed by atoms with van der Waals surface area (Å²) in [6.45, 7) is 1.88. The van der Waals surface area contributed by atoms with Crippen LogP contribution in [0.4, 0.5) is 0 Å². The lowest BCUT2D eigenvalue weighted by Gasteiger charge is -2.30. The Morgan fingerprint density at radius 3 is 2.34 bits per heavy atom. The number of Topliss-reactive ketones (excluding diaryl/α,β-unsaturated/α-hetero) is 2. The number of nitrogens with zero attached hydrogens (tertiary/aromatic N) is 1. The summed E-state index contributed by atoms with van der Waals surface area (Å²) in [5.74, 6) is -1.44. The zero-order chi connectivity index (χ0) is 20.6. The summed E-state index contributed by atoms with van der Waals surface area (Å²) in [5, 5.41) is 1.39. The van der Waals surface area contributed by atoms with Gasteiger partial charge in [0.25, 0.3) is 0 Å². The van der Waals surface area contributed by atoms with Crippen LogP contribution in [0, 0.1) is 0 Å². The molecule has 150 valence electrons. The van der Waals surface area contributed by atoms with Crippen LogP contribution < -0.4 is 5.43 Å². The number of hydrogen-bond donors (Lipinski definition) is 1. The van der Waals surface area contributed by atoms with E-state index in [-0.39, 0.29) is 31.3 Å². The maximum atomic E-state index is 12.7. The summed E-state index contributed by atoms with van der Waals surface area (Å²) in [7, 11) is 0. The Morgan fingerprint density at radius 2 is 1.69 bits per heavy atom. The number of benzene rings is 2. The molecule has 1 aliphatic heterocycles. The molecule has 1 unspecified atom stereocenters. The monoisotopic (exact) mass is 394 g/mol. The van der Waals surface area contributed by atoms with Gasteiger partial charge in [0.15, 0.2) is 17.6 Å². The van der Waals surface area contributed by atoms with Crippen molar-refractivity contribution in [1.82, 2.24) is 10.4 Å². The van der Waals surface area contributed by atoms with Crippen LogP contribution >= 0.6 is 0 Å². The number of rotatable bonds is 8. The maximum Gasteiger partial charge on any atom is 0.333 e. The molecule has 29 heavy (non-hydrogen) atoms. The molecule has 0 saturated carbocycles. The zero-order valence-electron chi connectivity index (χ0n) is 16.0. The van der Waals surface area contributed by atoms with E-state index in [1.54, 1.807) is 31.2 Å². The van der Waals surface area contributed by atoms with Crippen molar-refractivity contribution in [2.75, 3.05) is 13.2 Å². The highest BCUT2D eigenvalue weighted by atomic mass is 16.5. The van der Waals surface area contributed by atoms with Gasteiger partial charge in [-0.25, -0.2) is 10.2 Å². The van der Waals surface area contributed by atoms with E-state index in [0.29, 0.717) is 5.56 Å². The minimum absolute atomic E-state index is 0.00785. The summed E-state index contributed by atoms with van der Waals surface area (Å²) in [6.07, 6.45) is 1.40. The Labute approximate surface area is 168 Å². The smallest absolute Gasteiger partial charge is 0.333 e. The minimum atomic E-state index is -1.27. The van der Waals surface area contributed by atoms with Crippen molar-refractivity contribution in [2.45, 2.75) is 19.6 Å². The van der Waals surface area contributed by atoms with E-state index in [1.165, 1.54) is 11.2 Å². The highest BCUT2D eigenvalue weighted by Gasteiger charge is 2.37. The molecule has 1 N–H and O–H groups in total. The van der Waals surface area contributed by atoms with Crippen LogP contribution in [0.3, 0.4) is 0 Å². The summed E-state index contributed by atoms with van der Waals surface area (Å²) >= 11 is 0. The molecule has 0 aliphatic carbocycles. The van der Waals surface area contributed by atoms with Crippen molar-refractivity contribution < 1.29 is 23.9 Å². The molecule has 1 aliphatic rings. The van der Waals surface area contributed by atoms with Crippen LogP contribution in [-0.2, 0) is 25.7 Å². The Kier molecular flexibility index (Phi) is 6.76. The highest BCUT2D eigenvalue weighted by molar-refractivity contribution is 6.11. The number of esters is 1. The van der Waals surface area contributed by atoms with Gasteiger partial charge < -0.3 is 14.5 Å². The summed E-state index contributed by atoms with van der Waals surface area (Å²) in [4.78, 5) is 37.5. The number of carbonyl (C=O) groups excluding carboxylic acids is 3. The average Bonchev–Trinajstić information content (AvgIpc) is 2.75. The van der Waals surface area contributed by atoms with Gasteiger partial charge in [-0.2, -0.15) is 0 Å². The van der Waals surface area contributed by atoms with Crippen LogP contribution in [-0.4, -0.2) is 41.7 Å². The topological polar surface area (TPSA) is 84.9 Å². The van der Waals surface area contributed by atoms with Crippen LogP contribution in [0.1, 0.15) is 22.8 Å². The van der Waals surface area contributed by atoms with Crippen molar-refractivity contribution in [3.8, 4) is 0 Å². The SMILES string of the molecule is CCOC(=O)C1NN(CC(=O)c2ccccc2)C=C(OCc2ccccc2)C1=O. The molecule has 0 fully saturated rings. The van der Waals surface area contributed by atoms with Gasteiger partial charge in [0.1, 0.15) is 6.61 Å². The number of hydrogen-bond acceptors (Lipinski definition) is 7. The lowest BCUT2D eigenvalue weighted by molar-refractivity contribution is -0.151. The fraction of sp³-hybridized carbons (Fsp3) is 0.227. The van der Waals surface area contributed by atoms with Gasteiger partial charge in [-0.1, -0.05) is 60.7 Å². The van der Waals surface area contributed by atoms with Crippen LogP contribution in [0.25, 0.3) is 0 Å². The molecule has 2 aromatic carbocycles. The second-order valence-corrected chi connectivity index (χ2v) is 6.36. The van der Waals surface area contributed by atoms with Crippen molar-refractivity contribution in [3.63, 3.8) is 0 Å². The van der Waals surface area contributed by atoms with E-state index in [1.807, 2.05) is 36.4 Å². The van der Waals surface area contributed by atoms with E-state index < -0.39 is 17.8 Å². The van der Waals surface area contributed by atoms with Gasteiger partial charge in [0.05, 0.1) is 19.4 Å². The van der Waals surface area contributed by atoms with Crippen molar-refractivity contribution in [3.05, 3.63) is 83.7 Å². The van der Waals surface area contributed by atoms with Crippen LogP contribution in [0.5, 0.6) is 0 Å². The third-order valence-electron chi connectivity index (χ3n) is 4.24. The average molecular weight is 394 g/mol. The number of ether oxygens (including phenoxy) is 2. The predicted molar refractivity (Wildman–Crippen MR) is 105 cm³/mol. The van der Waals surface area contributed by atoms with Gasteiger partial charge in [-0.15, -0.1) is 0 Å². The first-order chi connectivity index (χ1) is 14.1. The zero-order valence-corrected chi connectivity index (χ0v) is 16.0. The lowest BCUT2D eigenvalue weighted by Crippen LogP contribution is -2.56. The molecule has 1 heterocycles. The first-order valence-electron chi connectivity index (χ1n) is 9.29. The van der Waals surface area contributed by atoms with E-state index in [4.69, 9.17) is 9.47 Å².